The number of halogens is 2. The summed E-state index contributed by atoms with van der Waals surface area (Å²) in [5, 5.41) is 11.7. The quantitative estimate of drug-likeness (QED) is 0.917. The Morgan fingerprint density at radius 3 is 2.88 bits per heavy atom. The first-order chi connectivity index (χ1) is 7.69. The molecule has 0 amide bonds. The van der Waals surface area contributed by atoms with Gasteiger partial charge in [-0.1, -0.05) is 17.7 Å². The van der Waals surface area contributed by atoms with Crippen molar-refractivity contribution in [3.63, 3.8) is 0 Å². The Morgan fingerprint density at radius 2 is 2.25 bits per heavy atom. The van der Waals surface area contributed by atoms with Crippen LogP contribution in [-0.4, -0.2) is 10.1 Å². The summed E-state index contributed by atoms with van der Waals surface area (Å²) < 4.78 is 13.5. The molecule has 0 aliphatic heterocycles. The molecule has 2 nitrogen and oxygen atoms in total. The van der Waals surface area contributed by atoms with Crippen molar-refractivity contribution in [2.45, 2.75) is 13.0 Å². The van der Waals surface area contributed by atoms with Crippen LogP contribution < -0.4 is 0 Å². The molecule has 84 valence electrons. The molecule has 1 aromatic carbocycles. The monoisotopic (exact) mass is 257 g/mol. The van der Waals surface area contributed by atoms with E-state index in [9.17, 15) is 4.39 Å². The summed E-state index contributed by atoms with van der Waals surface area (Å²) in [4.78, 5) is 4.16. The van der Waals surface area contributed by atoms with Crippen LogP contribution in [0.5, 0.6) is 0 Å². The molecule has 2 aromatic rings. The van der Waals surface area contributed by atoms with E-state index in [4.69, 9.17) is 16.7 Å². The number of aliphatic hydroxyl groups excluding tert-OH is 1. The molecule has 0 spiro atoms. The summed E-state index contributed by atoms with van der Waals surface area (Å²) in [7, 11) is 0. The normalized spacial score (nSPS) is 10.7. The van der Waals surface area contributed by atoms with Crippen LogP contribution >= 0.6 is 22.9 Å². The lowest BCUT2D eigenvalue weighted by Gasteiger charge is -2.00. The highest BCUT2D eigenvalue weighted by molar-refractivity contribution is 7.09. The van der Waals surface area contributed by atoms with Crippen LogP contribution in [0.2, 0.25) is 5.02 Å². The molecule has 1 aromatic heterocycles. The van der Waals surface area contributed by atoms with Gasteiger partial charge in [0.15, 0.2) is 0 Å². The van der Waals surface area contributed by atoms with Crippen molar-refractivity contribution in [2.75, 3.05) is 0 Å². The van der Waals surface area contributed by atoms with Crippen LogP contribution in [0.4, 0.5) is 4.39 Å². The van der Waals surface area contributed by atoms with E-state index < -0.39 is 0 Å². The summed E-state index contributed by atoms with van der Waals surface area (Å²) in [5.41, 5.74) is 1.31. The zero-order valence-corrected chi connectivity index (χ0v) is 9.85. The summed E-state index contributed by atoms with van der Waals surface area (Å²) >= 11 is 7.03. The molecule has 0 atom stereocenters. The van der Waals surface area contributed by atoms with Crippen LogP contribution in [-0.2, 0) is 13.0 Å². The standard InChI is InChI=1S/C11H9ClFNOS/c12-8-2-1-7(10(13)4-8)3-9-6-16-11(5-15)14-9/h1-2,4,6,15H,3,5H2. The molecular weight excluding hydrogens is 249 g/mol. The first kappa shape index (κ1) is 11.5. The number of thiazole rings is 1. The highest BCUT2D eigenvalue weighted by Crippen LogP contribution is 2.19. The Balaban J connectivity index is 2.20. The van der Waals surface area contributed by atoms with Crippen molar-refractivity contribution in [1.82, 2.24) is 4.98 Å². The maximum absolute atomic E-state index is 13.5. The molecule has 0 unspecified atom stereocenters. The molecular formula is C11H9ClFNOS. The largest absolute Gasteiger partial charge is 0.389 e. The zero-order valence-electron chi connectivity index (χ0n) is 8.28. The molecule has 0 saturated heterocycles. The van der Waals surface area contributed by atoms with Crippen LogP contribution in [0.15, 0.2) is 23.6 Å². The minimum Gasteiger partial charge on any atom is -0.389 e. The Bertz CT molecular complexity index is 500. The molecule has 16 heavy (non-hydrogen) atoms. The lowest BCUT2D eigenvalue weighted by molar-refractivity contribution is 0.281. The predicted octanol–water partition coefficient (Wildman–Crippen LogP) is 3.02. The van der Waals surface area contributed by atoms with Crippen molar-refractivity contribution >= 4 is 22.9 Å². The fourth-order valence-electron chi connectivity index (χ4n) is 1.36. The number of benzene rings is 1. The van der Waals surface area contributed by atoms with E-state index in [0.717, 1.165) is 5.69 Å². The maximum atomic E-state index is 13.5. The Morgan fingerprint density at radius 1 is 1.44 bits per heavy atom. The molecule has 5 heteroatoms. The van der Waals surface area contributed by atoms with Gasteiger partial charge < -0.3 is 5.11 Å². The number of aliphatic hydroxyl groups is 1. The molecule has 0 aliphatic rings. The second-order valence-electron chi connectivity index (χ2n) is 3.30. The average Bonchev–Trinajstić information content (AvgIpc) is 2.70. The van der Waals surface area contributed by atoms with Gasteiger partial charge in [-0.25, -0.2) is 9.37 Å². The highest BCUT2D eigenvalue weighted by Gasteiger charge is 2.07. The van der Waals surface area contributed by atoms with Gasteiger partial charge in [-0.2, -0.15) is 0 Å². The van der Waals surface area contributed by atoms with Crippen molar-refractivity contribution in [3.8, 4) is 0 Å². The molecule has 0 bridgehead atoms. The van der Waals surface area contributed by atoms with E-state index in [0.29, 0.717) is 22.0 Å². The molecule has 2 rings (SSSR count). The number of hydrogen-bond acceptors (Lipinski definition) is 3. The minimum absolute atomic E-state index is 0.0756. The van der Waals surface area contributed by atoms with Gasteiger partial charge >= 0.3 is 0 Å². The van der Waals surface area contributed by atoms with Crippen LogP contribution in [0.1, 0.15) is 16.3 Å². The van der Waals surface area contributed by atoms with E-state index in [2.05, 4.69) is 4.98 Å². The van der Waals surface area contributed by atoms with Crippen LogP contribution in [0, 0.1) is 5.82 Å². The zero-order chi connectivity index (χ0) is 11.5. The van der Waals surface area contributed by atoms with E-state index in [1.165, 1.54) is 17.4 Å². The van der Waals surface area contributed by atoms with Gasteiger partial charge in [0.1, 0.15) is 10.8 Å². The second kappa shape index (κ2) is 4.91. The van der Waals surface area contributed by atoms with Crippen LogP contribution in [0.25, 0.3) is 0 Å². The number of hydrogen-bond donors (Lipinski definition) is 1. The van der Waals surface area contributed by atoms with Crippen molar-refractivity contribution in [3.05, 3.63) is 50.7 Å². The molecule has 0 aliphatic carbocycles. The fraction of sp³-hybridized carbons (Fsp3) is 0.182. The van der Waals surface area contributed by atoms with E-state index in [-0.39, 0.29) is 12.4 Å². The first-order valence-electron chi connectivity index (χ1n) is 4.67. The van der Waals surface area contributed by atoms with Gasteiger partial charge in [-0.3, -0.25) is 0 Å². The highest BCUT2D eigenvalue weighted by atomic mass is 35.5. The summed E-state index contributed by atoms with van der Waals surface area (Å²) in [5.74, 6) is -0.328. The lowest BCUT2D eigenvalue weighted by Crippen LogP contribution is -1.93. The van der Waals surface area contributed by atoms with E-state index in [1.54, 1.807) is 12.1 Å². The molecule has 0 fully saturated rings. The van der Waals surface area contributed by atoms with Gasteiger partial charge in [0, 0.05) is 16.8 Å². The topological polar surface area (TPSA) is 33.1 Å². The molecule has 0 saturated carbocycles. The van der Waals surface area contributed by atoms with Crippen molar-refractivity contribution < 1.29 is 9.50 Å². The molecule has 1 heterocycles. The summed E-state index contributed by atoms with van der Waals surface area (Å²) in [6.07, 6.45) is 0.416. The molecule has 0 radical (unpaired) electrons. The van der Waals surface area contributed by atoms with Gasteiger partial charge in [-0.05, 0) is 17.7 Å². The first-order valence-corrected chi connectivity index (χ1v) is 5.93. The Labute approximate surface area is 101 Å². The van der Waals surface area contributed by atoms with Crippen LogP contribution in [0.3, 0.4) is 0 Å². The third-order valence-electron chi connectivity index (χ3n) is 2.12. The number of rotatable bonds is 3. The fourth-order valence-corrected chi connectivity index (χ4v) is 2.17. The SMILES string of the molecule is OCc1nc(Cc2ccc(Cl)cc2F)cs1. The number of aromatic nitrogens is 1. The van der Waals surface area contributed by atoms with E-state index in [1.807, 2.05) is 5.38 Å². The van der Waals surface area contributed by atoms with Gasteiger partial charge in [0.2, 0.25) is 0 Å². The van der Waals surface area contributed by atoms with Crippen molar-refractivity contribution in [2.24, 2.45) is 0 Å². The predicted molar refractivity (Wildman–Crippen MR) is 62.3 cm³/mol. The Hall–Kier alpha value is -0.970. The summed E-state index contributed by atoms with van der Waals surface area (Å²) in [6, 6.07) is 4.59. The number of nitrogens with zero attached hydrogens (tertiary/aromatic N) is 1. The molecule has 1 N–H and O–H groups in total. The third-order valence-corrected chi connectivity index (χ3v) is 3.24. The lowest BCUT2D eigenvalue weighted by atomic mass is 10.1. The minimum atomic E-state index is -0.328. The van der Waals surface area contributed by atoms with Gasteiger partial charge in [-0.15, -0.1) is 11.3 Å². The van der Waals surface area contributed by atoms with E-state index >= 15 is 0 Å². The van der Waals surface area contributed by atoms with Gasteiger partial charge in [0.25, 0.3) is 0 Å². The average molecular weight is 258 g/mol. The second-order valence-corrected chi connectivity index (χ2v) is 4.68. The smallest absolute Gasteiger partial charge is 0.128 e. The van der Waals surface area contributed by atoms with Crippen molar-refractivity contribution in [1.29, 1.82) is 0 Å². The van der Waals surface area contributed by atoms with Gasteiger partial charge in [0.05, 0.1) is 12.3 Å². The maximum Gasteiger partial charge on any atom is 0.128 e. The Kier molecular flexibility index (Phi) is 3.53. The summed E-state index contributed by atoms with van der Waals surface area (Å²) in [6.45, 7) is -0.0756. The third kappa shape index (κ3) is 2.58.